The van der Waals surface area contributed by atoms with Crippen LogP contribution in [0.25, 0.3) is 0 Å². The molecular weight excluding hydrogens is 346 g/mol. The molecule has 1 heterocycles. The van der Waals surface area contributed by atoms with E-state index in [1.165, 1.54) is 11.8 Å². The third kappa shape index (κ3) is 3.70. The van der Waals surface area contributed by atoms with Gasteiger partial charge in [0.05, 0.1) is 0 Å². The number of aliphatic imine (C=N–C) groups is 1. The Kier molecular flexibility index (Phi) is 5.53. The Hall–Kier alpha value is -2.86. The second-order valence-electron chi connectivity index (χ2n) is 5.78. The lowest BCUT2D eigenvalue weighted by atomic mass is 10.0. The largest absolute Gasteiger partial charge is 0.378 e. The molecule has 1 unspecified atom stereocenters. The fourth-order valence-corrected chi connectivity index (χ4v) is 3.33. The van der Waals surface area contributed by atoms with Crippen LogP contribution < -0.4 is 5.73 Å². The first kappa shape index (κ1) is 17.9. The highest BCUT2D eigenvalue weighted by molar-refractivity contribution is 8.16. The third-order valence-electron chi connectivity index (χ3n) is 4.06. The van der Waals surface area contributed by atoms with E-state index in [-0.39, 0.29) is 11.1 Å². The summed E-state index contributed by atoms with van der Waals surface area (Å²) >= 11 is 1.17. The van der Waals surface area contributed by atoms with Crippen molar-refractivity contribution < 1.29 is 9.59 Å². The van der Waals surface area contributed by atoms with Crippen molar-refractivity contribution in [3.8, 4) is 0 Å². The maximum absolute atomic E-state index is 12.9. The molecule has 3 rings (SSSR count). The molecule has 132 valence electrons. The second-order valence-corrected chi connectivity index (χ2v) is 6.71. The van der Waals surface area contributed by atoms with Gasteiger partial charge in [0.1, 0.15) is 6.04 Å². The Labute approximate surface area is 156 Å². The summed E-state index contributed by atoms with van der Waals surface area (Å²) in [6.45, 7) is 2.23. The van der Waals surface area contributed by atoms with Crippen LogP contribution in [-0.4, -0.2) is 21.9 Å². The van der Waals surface area contributed by atoms with Crippen LogP contribution in [0.2, 0.25) is 0 Å². The molecule has 6 heteroatoms. The van der Waals surface area contributed by atoms with Gasteiger partial charge in [-0.2, -0.15) is 4.99 Å². The van der Waals surface area contributed by atoms with Gasteiger partial charge in [-0.3, -0.25) is 9.59 Å². The maximum atomic E-state index is 12.9. The van der Waals surface area contributed by atoms with Crippen molar-refractivity contribution >= 4 is 28.7 Å². The van der Waals surface area contributed by atoms with Crippen LogP contribution in [0.1, 0.15) is 34.5 Å². The number of benzene rings is 2. The minimum absolute atomic E-state index is 0.151. The zero-order valence-corrected chi connectivity index (χ0v) is 15.1. The van der Waals surface area contributed by atoms with Gasteiger partial charge < -0.3 is 10.6 Å². The lowest BCUT2D eigenvalue weighted by molar-refractivity contribution is -0.122. The van der Waals surface area contributed by atoms with Gasteiger partial charge in [-0.15, -0.1) is 0 Å². The van der Waals surface area contributed by atoms with E-state index >= 15 is 0 Å². The van der Waals surface area contributed by atoms with Crippen LogP contribution in [0.4, 0.5) is 0 Å². The average molecular weight is 365 g/mol. The molecular formula is C20H19N3O2S. The molecule has 1 aliphatic rings. The molecule has 26 heavy (non-hydrogen) atoms. The van der Waals surface area contributed by atoms with Crippen molar-refractivity contribution in [1.29, 1.82) is 0 Å². The van der Waals surface area contributed by atoms with Crippen LogP contribution >= 0.6 is 11.8 Å². The number of carbonyl (C=O) groups is 2. The molecule has 2 aromatic rings. The summed E-state index contributed by atoms with van der Waals surface area (Å²) in [7, 11) is 0. The Morgan fingerprint density at radius 1 is 1.19 bits per heavy atom. The predicted molar refractivity (Wildman–Crippen MR) is 105 cm³/mol. The van der Waals surface area contributed by atoms with E-state index in [9.17, 15) is 9.59 Å². The van der Waals surface area contributed by atoms with Crippen LogP contribution in [0, 0.1) is 0 Å². The summed E-state index contributed by atoms with van der Waals surface area (Å²) < 4.78 is 0. The number of fused-ring (bicyclic) bond motifs is 1. The molecule has 0 saturated heterocycles. The maximum Gasteiger partial charge on any atom is 0.275 e. The molecule has 0 radical (unpaired) electrons. The minimum Gasteiger partial charge on any atom is -0.378 e. The highest BCUT2D eigenvalue weighted by atomic mass is 32.2. The molecule has 0 aromatic heterocycles. The van der Waals surface area contributed by atoms with Crippen molar-refractivity contribution in [2.45, 2.75) is 19.5 Å². The molecule has 2 aromatic carbocycles. The third-order valence-corrected chi connectivity index (χ3v) is 4.80. The van der Waals surface area contributed by atoms with Gasteiger partial charge in [0.2, 0.25) is 0 Å². The van der Waals surface area contributed by atoms with Gasteiger partial charge in [0.25, 0.3) is 11.8 Å². The molecule has 0 fully saturated rings. The Bertz CT molecular complexity index is 878. The summed E-state index contributed by atoms with van der Waals surface area (Å²) in [6, 6.07) is 15.8. The summed E-state index contributed by atoms with van der Waals surface area (Å²) in [5.74, 6) is -0.621. The normalized spacial score (nSPS) is 15.3. The van der Waals surface area contributed by atoms with E-state index in [2.05, 4.69) is 4.99 Å². The molecule has 1 atom stereocenters. The Balaban J connectivity index is 1.96. The fraction of sp³-hybridized carbons (Fsp3) is 0.150. The van der Waals surface area contributed by atoms with Crippen LogP contribution in [0.5, 0.6) is 0 Å². The molecule has 0 aliphatic carbocycles. The highest BCUT2D eigenvalue weighted by Crippen LogP contribution is 2.32. The van der Waals surface area contributed by atoms with Crippen molar-refractivity contribution in [3.05, 3.63) is 82.8 Å². The summed E-state index contributed by atoms with van der Waals surface area (Å²) in [5, 5.41) is 1.90. The predicted octanol–water partition coefficient (Wildman–Crippen LogP) is 3.49. The summed E-state index contributed by atoms with van der Waals surface area (Å²) in [5.41, 5.74) is 8.08. The number of allylic oxidation sites excluding steroid dienone is 1. The van der Waals surface area contributed by atoms with E-state index in [4.69, 9.17) is 5.73 Å². The van der Waals surface area contributed by atoms with Crippen molar-refractivity contribution in [3.63, 3.8) is 0 Å². The SMILES string of the molecule is C/C=C/SC(N)=NC(=O)C(c1ccccc1)N1Cc2ccccc2C1=O. The zero-order valence-electron chi connectivity index (χ0n) is 14.3. The molecule has 2 N–H and O–H groups in total. The number of hydrogen-bond donors (Lipinski definition) is 1. The number of thioether (sulfide) groups is 1. The molecule has 0 bridgehead atoms. The Morgan fingerprint density at radius 3 is 2.58 bits per heavy atom. The van der Waals surface area contributed by atoms with E-state index in [1.54, 1.807) is 16.4 Å². The van der Waals surface area contributed by atoms with Crippen molar-refractivity contribution in [2.24, 2.45) is 10.7 Å². The fourth-order valence-electron chi connectivity index (χ4n) is 2.91. The highest BCUT2D eigenvalue weighted by Gasteiger charge is 2.37. The number of amidine groups is 1. The second kappa shape index (κ2) is 8.01. The first-order valence-corrected chi connectivity index (χ1v) is 9.09. The minimum atomic E-state index is -0.805. The van der Waals surface area contributed by atoms with Crippen LogP contribution in [0.3, 0.4) is 0 Å². The van der Waals surface area contributed by atoms with Crippen molar-refractivity contribution in [1.82, 2.24) is 4.90 Å². The number of nitrogens with zero attached hydrogens (tertiary/aromatic N) is 2. The summed E-state index contributed by atoms with van der Waals surface area (Å²) in [6.07, 6.45) is 1.81. The lowest BCUT2D eigenvalue weighted by Crippen LogP contribution is -2.34. The molecule has 0 saturated carbocycles. The van der Waals surface area contributed by atoms with Gasteiger partial charge in [-0.25, -0.2) is 0 Å². The summed E-state index contributed by atoms with van der Waals surface area (Å²) in [4.78, 5) is 31.3. The number of nitrogens with two attached hydrogens (primary N) is 1. The van der Waals surface area contributed by atoms with E-state index in [0.29, 0.717) is 17.7 Å². The van der Waals surface area contributed by atoms with Gasteiger partial charge in [-0.1, -0.05) is 66.4 Å². The molecule has 2 amide bonds. The van der Waals surface area contributed by atoms with Gasteiger partial charge in [0, 0.05) is 12.1 Å². The number of hydrogen-bond acceptors (Lipinski definition) is 3. The van der Waals surface area contributed by atoms with E-state index < -0.39 is 11.9 Å². The first-order valence-electron chi connectivity index (χ1n) is 8.21. The van der Waals surface area contributed by atoms with Crippen LogP contribution in [-0.2, 0) is 11.3 Å². The van der Waals surface area contributed by atoms with E-state index in [0.717, 1.165) is 5.56 Å². The Morgan fingerprint density at radius 2 is 1.88 bits per heavy atom. The van der Waals surface area contributed by atoms with Gasteiger partial charge in [0.15, 0.2) is 5.17 Å². The zero-order chi connectivity index (χ0) is 18.5. The number of rotatable bonds is 4. The topological polar surface area (TPSA) is 75.8 Å². The van der Waals surface area contributed by atoms with Crippen LogP contribution in [0.15, 0.2) is 71.1 Å². The van der Waals surface area contributed by atoms with Gasteiger partial charge >= 0.3 is 0 Å². The standard InChI is InChI=1S/C20H19N3O2S/c1-2-12-26-20(21)22-18(24)17(14-8-4-3-5-9-14)23-13-15-10-6-7-11-16(15)19(23)25/h2-12,17H,13H2,1H3,(H2,21,22,24)/b12-2+. The molecule has 0 spiro atoms. The quantitative estimate of drug-likeness (QED) is 0.665. The molecule has 1 aliphatic heterocycles. The average Bonchev–Trinajstić information content (AvgIpc) is 2.98. The smallest absolute Gasteiger partial charge is 0.275 e. The number of carbonyl (C=O) groups excluding carboxylic acids is 2. The van der Waals surface area contributed by atoms with Gasteiger partial charge in [-0.05, 0) is 29.5 Å². The molecule has 5 nitrogen and oxygen atoms in total. The number of amides is 2. The van der Waals surface area contributed by atoms with Crippen molar-refractivity contribution in [2.75, 3.05) is 0 Å². The first-order chi connectivity index (χ1) is 12.6. The van der Waals surface area contributed by atoms with E-state index in [1.807, 2.05) is 61.5 Å². The lowest BCUT2D eigenvalue weighted by Gasteiger charge is -2.25. The monoisotopic (exact) mass is 365 g/mol.